The van der Waals surface area contributed by atoms with Gasteiger partial charge in [0.1, 0.15) is 5.54 Å². The standard InChI is InChI=1S/C23H32N4O.CH2O2/c1-16(2)27-12-6-10-23(22(27)28)9-5-11-26(23)15-19-14-24-25-21(19)20-13-17(3)7-8-18(20)4;2-1-3/h7-8,13-14,16H,5-6,9-12,15H2,1-4H3,(H,24,25);1H,(H,2,3). The molecule has 31 heavy (non-hydrogen) atoms. The Kier molecular flexibility index (Phi) is 7.15. The van der Waals surface area contributed by atoms with Gasteiger partial charge in [-0.25, -0.2) is 0 Å². The van der Waals surface area contributed by atoms with Crippen LogP contribution in [0.3, 0.4) is 0 Å². The number of nitrogens with one attached hydrogen (secondary N) is 1. The quantitative estimate of drug-likeness (QED) is 0.727. The topological polar surface area (TPSA) is 89.5 Å². The number of amides is 1. The van der Waals surface area contributed by atoms with Crippen molar-refractivity contribution in [1.82, 2.24) is 20.0 Å². The van der Waals surface area contributed by atoms with E-state index in [-0.39, 0.29) is 18.1 Å². The highest BCUT2D eigenvalue weighted by atomic mass is 16.3. The summed E-state index contributed by atoms with van der Waals surface area (Å²) in [4.78, 5) is 26.3. The van der Waals surface area contributed by atoms with Crippen molar-refractivity contribution in [3.05, 3.63) is 41.1 Å². The average molecular weight is 427 g/mol. The fraction of sp³-hybridized carbons (Fsp3) is 0.542. The van der Waals surface area contributed by atoms with Gasteiger partial charge in [-0.2, -0.15) is 5.10 Å². The minimum absolute atomic E-state index is 0.250. The van der Waals surface area contributed by atoms with E-state index in [1.165, 1.54) is 22.3 Å². The van der Waals surface area contributed by atoms with Gasteiger partial charge in [0.15, 0.2) is 0 Å². The normalized spacial score (nSPS) is 21.5. The van der Waals surface area contributed by atoms with Crippen molar-refractivity contribution in [2.24, 2.45) is 0 Å². The first-order valence-electron chi connectivity index (χ1n) is 11.1. The number of hydrogen-bond donors (Lipinski definition) is 2. The van der Waals surface area contributed by atoms with Gasteiger partial charge in [0.2, 0.25) is 5.91 Å². The predicted octanol–water partition coefficient (Wildman–Crippen LogP) is 3.76. The van der Waals surface area contributed by atoms with Gasteiger partial charge in [-0.15, -0.1) is 0 Å². The van der Waals surface area contributed by atoms with Crippen molar-refractivity contribution >= 4 is 12.4 Å². The van der Waals surface area contributed by atoms with E-state index in [1.54, 1.807) is 0 Å². The van der Waals surface area contributed by atoms with Crippen LogP contribution in [0.1, 0.15) is 56.2 Å². The number of aryl methyl sites for hydroxylation is 2. The van der Waals surface area contributed by atoms with E-state index in [1.807, 2.05) is 6.20 Å². The third-order valence-electron chi connectivity index (χ3n) is 6.64. The van der Waals surface area contributed by atoms with Gasteiger partial charge in [-0.05, 0) is 71.6 Å². The molecule has 1 unspecified atom stereocenters. The maximum absolute atomic E-state index is 13.4. The first-order chi connectivity index (χ1) is 14.8. The summed E-state index contributed by atoms with van der Waals surface area (Å²) in [5.74, 6) is 0.336. The van der Waals surface area contributed by atoms with Crippen molar-refractivity contribution < 1.29 is 14.7 Å². The highest BCUT2D eigenvalue weighted by molar-refractivity contribution is 5.87. The summed E-state index contributed by atoms with van der Waals surface area (Å²) >= 11 is 0. The van der Waals surface area contributed by atoms with Crippen molar-refractivity contribution in [3.63, 3.8) is 0 Å². The second kappa shape index (κ2) is 9.64. The number of carbonyl (C=O) groups excluding carboxylic acids is 1. The summed E-state index contributed by atoms with van der Waals surface area (Å²) in [5, 5.41) is 14.5. The highest BCUT2D eigenvalue weighted by Gasteiger charge is 2.51. The van der Waals surface area contributed by atoms with Crippen LogP contribution in [0.2, 0.25) is 0 Å². The lowest BCUT2D eigenvalue weighted by atomic mass is 9.84. The van der Waals surface area contributed by atoms with Crippen LogP contribution in [0.15, 0.2) is 24.4 Å². The number of likely N-dealkylation sites (tertiary alicyclic amines) is 2. The summed E-state index contributed by atoms with van der Waals surface area (Å²) in [7, 11) is 0. The third kappa shape index (κ3) is 4.51. The molecule has 3 heterocycles. The van der Waals surface area contributed by atoms with E-state index in [0.29, 0.717) is 5.91 Å². The molecule has 0 bridgehead atoms. The molecule has 168 valence electrons. The number of aromatic amines is 1. The highest BCUT2D eigenvalue weighted by Crippen LogP contribution is 2.40. The van der Waals surface area contributed by atoms with Crippen molar-refractivity contribution in [2.45, 2.75) is 71.5 Å². The smallest absolute Gasteiger partial charge is 0.290 e. The molecule has 2 aliphatic heterocycles. The Morgan fingerprint density at radius 3 is 2.58 bits per heavy atom. The zero-order chi connectivity index (χ0) is 22.6. The number of aromatic nitrogens is 2. The molecule has 7 heteroatoms. The molecule has 0 aliphatic carbocycles. The van der Waals surface area contributed by atoms with E-state index in [9.17, 15) is 4.79 Å². The number of H-pyrrole nitrogens is 1. The van der Waals surface area contributed by atoms with Gasteiger partial charge in [-0.1, -0.05) is 17.7 Å². The minimum Gasteiger partial charge on any atom is -0.483 e. The van der Waals surface area contributed by atoms with Crippen LogP contribution in [0.4, 0.5) is 0 Å². The second-order valence-electron chi connectivity index (χ2n) is 8.95. The van der Waals surface area contributed by atoms with Crippen molar-refractivity contribution in [2.75, 3.05) is 13.1 Å². The lowest BCUT2D eigenvalue weighted by Crippen LogP contribution is -2.61. The van der Waals surface area contributed by atoms with E-state index in [4.69, 9.17) is 9.90 Å². The number of benzene rings is 1. The fourth-order valence-corrected chi connectivity index (χ4v) is 5.08. The molecule has 1 amide bonds. The molecule has 2 fully saturated rings. The molecule has 0 saturated carbocycles. The third-order valence-corrected chi connectivity index (χ3v) is 6.64. The summed E-state index contributed by atoms with van der Waals surface area (Å²) in [6.45, 7) is 10.9. The number of carboxylic acid groups (broad SMARTS) is 1. The molecule has 4 rings (SSSR count). The number of carbonyl (C=O) groups is 2. The Morgan fingerprint density at radius 1 is 1.23 bits per heavy atom. The van der Waals surface area contributed by atoms with Gasteiger partial charge in [0.25, 0.3) is 6.47 Å². The van der Waals surface area contributed by atoms with E-state index in [2.05, 4.69) is 65.9 Å². The lowest BCUT2D eigenvalue weighted by molar-refractivity contribution is -0.149. The largest absolute Gasteiger partial charge is 0.483 e. The SMILES string of the molecule is Cc1ccc(C)c(-c2[nH]ncc2CN2CCCC23CCCN(C(C)C)C3=O)c1.O=CO. The van der Waals surface area contributed by atoms with Crippen LogP contribution in [-0.4, -0.2) is 62.2 Å². The van der Waals surface area contributed by atoms with Crippen molar-refractivity contribution in [1.29, 1.82) is 0 Å². The summed E-state index contributed by atoms with van der Waals surface area (Å²) in [6, 6.07) is 6.80. The Bertz CT molecular complexity index is 923. The van der Waals surface area contributed by atoms with Crippen LogP contribution in [-0.2, 0) is 16.1 Å². The maximum Gasteiger partial charge on any atom is 0.290 e. The van der Waals surface area contributed by atoms with Gasteiger partial charge in [0, 0.05) is 30.3 Å². The molecule has 2 aromatic rings. The molecule has 1 aromatic carbocycles. The van der Waals surface area contributed by atoms with Crippen LogP contribution in [0.5, 0.6) is 0 Å². The first-order valence-corrected chi connectivity index (χ1v) is 11.1. The second-order valence-corrected chi connectivity index (χ2v) is 8.95. The van der Waals surface area contributed by atoms with Crippen LogP contribution < -0.4 is 0 Å². The summed E-state index contributed by atoms with van der Waals surface area (Å²) in [5.41, 5.74) is 5.65. The van der Waals surface area contributed by atoms with Crippen LogP contribution in [0, 0.1) is 13.8 Å². The zero-order valence-electron chi connectivity index (χ0n) is 19.0. The summed E-state index contributed by atoms with van der Waals surface area (Å²) in [6.07, 6.45) is 6.08. The van der Waals surface area contributed by atoms with Gasteiger partial charge < -0.3 is 10.0 Å². The van der Waals surface area contributed by atoms with Crippen molar-refractivity contribution in [3.8, 4) is 11.3 Å². The molecule has 2 aliphatic rings. The molecule has 7 nitrogen and oxygen atoms in total. The minimum atomic E-state index is -0.321. The molecule has 2 N–H and O–H groups in total. The molecular formula is C24H34N4O3. The average Bonchev–Trinajstić information content (AvgIpc) is 3.35. The molecule has 1 aromatic heterocycles. The number of rotatable bonds is 4. The monoisotopic (exact) mass is 426 g/mol. The van der Waals surface area contributed by atoms with Crippen LogP contribution >= 0.6 is 0 Å². The Hall–Kier alpha value is -2.67. The maximum atomic E-state index is 13.4. The number of hydrogen-bond acceptors (Lipinski definition) is 4. The van der Waals surface area contributed by atoms with E-state index < -0.39 is 0 Å². The predicted molar refractivity (Wildman–Crippen MR) is 121 cm³/mol. The molecule has 1 atom stereocenters. The van der Waals surface area contributed by atoms with Gasteiger partial charge in [-0.3, -0.25) is 19.6 Å². The molecule has 1 spiro atoms. The van der Waals surface area contributed by atoms with E-state index in [0.717, 1.165) is 51.0 Å². The molecule has 0 radical (unpaired) electrons. The molecule has 2 saturated heterocycles. The van der Waals surface area contributed by atoms with Gasteiger partial charge >= 0.3 is 0 Å². The Morgan fingerprint density at radius 2 is 1.90 bits per heavy atom. The fourth-order valence-electron chi connectivity index (χ4n) is 5.08. The number of nitrogens with zero attached hydrogens (tertiary/aromatic N) is 3. The Balaban J connectivity index is 0.000000858. The first kappa shape index (κ1) is 23.0. The zero-order valence-corrected chi connectivity index (χ0v) is 19.0. The van der Waals surface area contributed by atoms with E-state index >= 15 is 0 Å². The Labute approximate surface area is 184 Å². The summed E-state index contributed by atoms with van der Waals surface area (Å²) < 4.78 is 0. The van der Waals surface area contributed by atoms with Crippen LogP contribution in [0.25, 0.3) is 11.3 Å². The molecular weight excluding hydrogens is 392 g/mol. The lowest BCUT2D eigenvalue weighted by Gasteiger charge is -2.46. The number of piperidine rings is 1. The van der Waals surface area contributed by atoms with Gasteiger partial charge in [0.05, 0.1) is 11.9 Å².